The second-order valence-corrected chi connectivity index (χ2v) is 10.1. The maximum Gasteiger partial charge on any atom is 0.268 e. The average Bonchev–Trinajstić information content (AvgIpc) is 2.87. The number of ether oxygens (including phenoxy) is 2. The molecule has 10 heteroatoms. The van der Waals surface area contributed by atoms with E-state index in [1.54, 1.807) is 49.4 Å². The summed E-state index contributed by atoms with van der Waals surface area (Å²) in [6.07, 6.45) is 0. The summed E-state index contributed by atoms with van der Waals surface area (Å²) in [5, 5.41) is 4.14. The van der Waals surface area contributed by atoms with E-state index < -0.39 is 22.5 Å². The molecule has 0 aliphatic rings. The molecule has 0 heterocycles. The molecule has 0 saturated heterocycles. The molecule has 0 radical (unpaired) electrons. The molecular formula is C25H26BrN3O5S. The Bertz CT molecular complexity index is 1300. The van der Waals surface area contributed by atoms with Crippen LogP contribution in [0.2, 0.25) is 0 Å². The average molecular weight is 560 g/mol. The van der Waals surface area contributed by atoms with Crippen molar-refractivity contribution in [1.82, 2.24) is 5.43 Å². The number of para-hydroxylation sites is 1. The quantitative estimate of drug-likeness (QED) is 0.289. The molecule has 0 spiro atoms. The fourth-order valence-electron chi connectivity index (χ4n) is 3.22. The minimum Gasteiger partial charge on any atom is -0.495 e. The number of carbonyl (C=O) groups is 1. The summed E-state index contributed by atoms with van der Waals surface area (Å²) in [5.41, 5.74) is 4.14. The molecule has 0 aliphatic heterocycles. The number of nitrogens with one attached hydrogen (secondary N) is 1. The monoisotopic (exact) mass is 559 g/mol. The number of hydrogen-bond acceptors (Lipinski definition) is 6. The summed E-state index contributed by atoms with van der Waals surface area (Å²) in [4.78, 5) is 12.7. The summed E-state index contributed by atoms with van der Waals surface area (Å²) < 4.78 is 39.6. The van der Waals surface area contributed by atoms with Crippen LogP contribution in [0.3, 0.4) is 0 Å². The number of anilines is 1. The van der Waals surface area contributed by atoms with Crippen LogP contribution in [0.25, 0.3) is 0 Å². The first-order chi connectivity index (χ1) is 16.8. The van der Waals surface area contributed by atoms with Crippen LogP contribution < -0.4 is 19.2 Å². The fraction of sp³-hybridized carbons (Fsp3) is 0.200. The first-order valence-corrected chi connectivity index (χ1v) is 13.0. The lowest BCUT2D eigenvalue weighted by Gasteiger charge is -2.24. The van der Waals surface area contributed by atoms with Crippen LogP contribution >= 0.6 is 15.9 Å². The number of sulfonamides is 1. The normalized spacial score (nSPS) is 11.6. The zero-order chi connectivity index (χ0) is 25.4. The number of benzene rings is 3. The summed E-state index contributed by atoms with van der Waals surface area (Å²) >= 11 is 3.31. The molecular weight excluding hydrogens is 534 g/mol. The molecule has 3 rings (SSSR count). The van der Waals surface area contributed by atoms with E-state index in [1.165, 1.54) is 13.2 Å². The second kappa shape index (κ2) is 11.9. The van der Waals surface area contributed by atoms with Crippen LogP contribution in [0.15, 0.2) is 87.3 Å². The Hall–Kier alpha value is -3.37. The maximum absolute atomic E-state index is 13.6. The van der Waals surface area contributed by atoms with Crippen LogP contribution in [0.1, 0.15) is 19.4 Å². The topological polar surface area (TPSA) is 97.3 Å². The minimum absolute atomic E-state index is 0.0694. The Labute approximate surface area is 213 Å². The van der Waals surface area contributed by atoms with E-state index in [0.717, 1.165) is 15.6 Å². The minimum atomic E-state index is -4.16. The highest BCUT2D eigenvalue weighted by atomic mass is 79.9. The van der Waals surface area contributed by atoms with Crippen LogP contribution in [0.4, 0.5) is 5.69 Å². The predicted molar refractivity (Wildman–Crippen MR) is 140 cm³/mol. The maximum atomic E-state index is 13.6. The van der Waals surface area contributed by atoms with E-state index >= 15 is 0 Å². The highest BCUT2D eigenvalue weighted by molar-refractivity contribution is 9.10. The van der Waals surface area contributed by atoms with Gasteiger partial charge in [-0.05, 0) is 74.0 Å². The van der Waals surface area contributed by atoms with Gasteiger partial charge in [-0.15, -0.1) is 0 Å². The lowest BCUT2D eigenvalue weighted by atomic mass is 10.1. The molecule has 1 N–H and O–H groups in total. The van der Waals surface area contributed by atoms with Gasteiger partial charge in [-0.3, -0.25) is 9.10 Å². The van der Waals surface area contributed by atoms with Gasteiger partial charge in [-0.2, -0.15) is 5.10 Å². The standard InChI is InChI=1S/C25H26BrN3O5S/c1-4-34-22-13-10-19(11-14-22)18(2)27-28-25(30)17-29(21-8-6-5-7-9-21)35(31,32)24-16-20(26)12-15-23(24)33-3/h5-16H,4,17H2,1-3H3,(H,28,30)/b27-18-. The van der Waals surface area contributed by atoms with Gasteiger partial charge < -0.3 is 9.47 Å². The Kier molecular flexibility index (Phi) is 8.89. The molecule has 0 fully saturated rings. The van der Waals surface area contributed by atoms with Crippen molar-refractivity contribution in [3.8, 4) is 11.5 Å². The van der Waals surface area contributed by atoms with Crippen molar-refractivity contribution in [2.75, 3.05) is 24.6 Å². The molecule has 0 aliphatic carbocycles. The van der Waals surface area contributed by atoms with Crippen LogP contribution in [0, 0.1) is 0 Å². The third kappa shape index (κ3) is 6.61. The lowest BCUT2D eigenvalue weighted by Crippen LogP contribution is -2.40. The number of rotatable bonds is 10. The Morgan fingerprint density at radius 3 is 2.37 bits per heavy atom. The molecule has 1 amide bonds. The first kappa shape index (κ1) is 26.2. The lowest BCUT2D eigenvalue weighted by molar-refractivity contribution is -0.119. The van der Waals surface area contributed by atoms with Crippen molar-refractivity contribution in [2.24, 2.45) is 5.10 Å². The van der Waals surface area contributed by atoms with E-state index in [9.17, 15) is 13.2 Å². The van der Waals surface area contributed by atoms with Crippen molar-refractivity contribution in [3.63, 3.8) is 0 Å². The number of hydrogen-bond donors (Lipinski definition) is 1. The van der Waals surface area contributed by atoms with Crippen LogP contribution in [-0.4, -0.2) is 40.3 Å². The third-order valence-corrected chi connectivity index (χ3v) is 7.24. The fourth-order valence-corrected chi connectivity index (χ4v) is 5.33. The van der Waals surface area contributed by atoms with Crippen molar-refractivity contribution in [1.29, 1.82) is 0 Å². The molecule has 0 atom stereocenters. The Balaban J connectivity index is 1.86. The number of hydrazone groups is 1. The number of nitrogens with zero attached hydrogens (tertiary/aromatic N) is 2. The van der Waals surface area contributed by atoms with Crippen molar-refractivity contribution in [2.45, 2.75) is 18.7 Å². The van der Waals surface area contributed by atoms with Gasteiger partial charge in [0.2, 0.25) is 0 Å². The molecule has 0 bridgehead atoms. The van der Waals surface area contributed by atoms with E-state index in [-0.39, 0.29) is 10.6 Å². The predicted octanol–water partition coefficient (Wildman–Crippen LogP) is 4.59. The van der Waals surface area contributed by atoms with E-state index in [1.807, 2.05) is 31.2 Å². The number of carbonyl (C=O) groups excluding carboxylic acids is 1. The van der Waals surface area contributed by atoms with Gasteiger partial charge in [0.25, 0.3) is 15.9 Å². The van der Waals surface area contributed by atoms with E-state index in [0.29, 0.717) is 22.5 Å². The smallest absolute Gasteiger partial charge is 0.268 e. The largest absolute Gasteiger partial charge is 0.495 e. The summed E-state index contributed by atoms with van der Waals surface area (Å²) in [7, 11) is -2.77. The number of amides is 1. The Morgan fingerprint density at radius 2 is 1.74 bits per heavy atom. The zero-order valence-electron chi connectivity index (χ0n) is 19.6. The molecule has 0 aromatic heterocycles. The van der Waals surface area contributed by atoms with Crippen molar-refractivity contribution >= 4 is 43.3 Å². The molecule has 8 nitrogen and oxygen atoms in total. The van der Waals surface area contributed by atoms with Crippen LogP contribution in [-0.2, 0) is 14.8 Å². The molecule has 0 saturated carbocycles. The number of halogens is 1. The molecule has 3 aromatic carbocycles. The van der Waals surface area contributed by atoms with Gasteiger partial charge in [0, 0.05) is 4.47 Å². The summed E-state index contributed by atoms with van der Waals surface area (Å²) in [6.45, 7) is 3.73. The summed E-state index contributed by atoms with van der Waals surface area (Å²) in [6, 6.07) is 20.3. The molecule has 3 aromatic rings. The van der Waals surface area contributed by atoms with E-state index in [4.69, 9.17) is 9.47 Å². The van der Waals surface area contributed by atoms with E-state index in [2.05, 4.69) is 26.5 Å². The third-order valence-electron chi connectivity index (χ3n) is 4.96. The van der Waals surface area contributed by atoms with Crippen LogP contribution in [0.5, 0.6) is 11.5 Å². The zero-order valence-corrected chi connectivity index (χ0v) is 22.0. The Morgan fingerprint density at radius 1 is 1.06 bits per heavy atom. The van der Waals surface area contributed by atoms with Crippen molar-refractivity contribution in [3.05, 3.63) is 82.8 Å². The molecule has 184 valence electrons. The van der Waals surface area contributed by atoms with Gasteiger partial charge in [-0.1, -0.05) is 34.1 Å². The van der Waals surface area contributed by atoms with Crippen molar-refractivity contribution < 1.29 is 22.7 Å². The van der Waals surface area contributed by atoms with Gasteiger partial charge in [0.15, 0.2) is 0 Å². The molecule has 35 heavy (non-hydrogen) atoms. The second-order valence-electron chi connectivity index (χ2n) is 7.33. The van der Waals surface area contributed by atoms with Gasteiger partial charge in [0.05, 0.1) is 25.1 Å². The summed E-state index contributed by atoms with van der Waals surface area (Å²) in [5.74, 6) is 0.301. The van der Waals surface area contributed by atoms with Gasteiger partial charge in [0.1, 0.15) is 22.9 Å². The highest BCUT2D eigenvalue weighted by Crippen LogP contribution is 2.32. The first-order valence-electron chi connectivity index (χ1n) is 10.7. The highest BCUT2D eigenvalue weighted by Gasteiger charge is 2.30. The number of methoxy groups -OCH3 is 1. The molecule has 0 unspecified atom stereocenters. The SMILES string of the molecule is CCOc1ccc(/C(C)=N\NC(=O)CN(c2ccccc2)S(=O)(=O)c2cc(Br)ccc2OC)cc1. The van der Waals surface area contributed by atoms with Gasteiger partial charge in [-0.25, -0.2) is 13.8 Å². The van der Waals surface area contributed by atoms with Gasteiger partial charge >= 0.3 is 0 Å².